The summed E-state index contributed by atoms with van der Waals surface area (Å²) in [5.74, 6) is -0.155. The van der Waals surface area contributed by atoms with E-state index < -0.39 is 0 Å². The van der Waals surface area contributed by atoms with Gasteiger partial charge in [0.05, 0.1) is 21.2 Å². The van der Waals surface area contributed by atoms with E-state index in [-0.39, 0.29) is 44.9 Å². The van der Waals surface area contributed by atoms with E-state index in [1.807, 2.05) is 42.5 Å². The molecule has 1 aliphatic carbocycles. The zero-order valence-corrected chi connectivity index (χ0v) is 24.9. The predicted octanol–water partition coefficient (Wildman–Crippen LogP) is 9.28. The van der Waals surface area contributed by atoms with Gasteiger partial charge in [-0.3, -0.25) is 14.9 Å². The van der Waals surface area contributed by atoms with Crippen molar-refractivity contribution in [1.82, 2.24) is 0 Å². The standard InChI is InChI=1S/C31H23BrCl2N2O3S/c32-19-12-10-17(11-13-19)29-22-16-26(40-25-9-5-4-8-24(25)36(38)39)28(34)27(22)21-14-20(33)15-23(30(21)35-29)31(37)18-6-2-1-3-7-18/h1-15,22,26-29,35H,16H2/t22-,26-,27-,28-,29-/m1/s1. The van der Waals surface area contributed by atoms with Gasteiger partial charge < -0.3 is 5.32 Å². The summed E-state index contributed by atoms with van der Waals surface area (Å²) in [5.41, 5.74) is 3.90. The van der Waals surface area contributed by atoms with Gasteiger partial charge >= 0.3 is 0 Å². The minimum absolute atomic E-state index is 0.0769. The highest BCUT2D eigenvalue weighted by atomic mass is 79.9. The Balaban J connectivity index is 1.46. The number of nitrogens with one attached hydrogen (secondary N) is 1. The zero-order chi connectivity index (χ0) is 28.0. The van der Waals surface area contributed by atoms with Crippen molar-refractivity contribution in [1.29, 1.82) is 0 Å². The topological polar surface area (TPSA) is 72.2 Å². The Hall–Kier alpha value is -2.84. The molecule has 4 aromatic carbocycles. The van der Waals surface area contributed by atoms with Gasteiger partial charge in [0.2, 0.25) is 0 Å². The molecule has 0 saturated heterocycles. The second-order valence-corrected chi connectivity index (χ2v) is 13.2. The Morgan fingerprint density at radius 1 is 1.00 bits per heavy atom. The van der Waals surface area contributed by atoms with Gasteiger partial charge in [0.1, 0.15) is 0 Å². The molecular weight excluding hydrogens is 631 g/mol. The van der Waals surface area contributed by atoms with E-state index in [1.165, 1.54) is 17.8 Å². The Morgan fingerprint density at radius 3 is 2.42 bits per heavy atom. The number of anilines is 1. The Morgan fingerprint density at radius 2 is 1.70 bits per heavy atom. The Labute approximate surface area is 254 Å². The molecule has 202 valence electrons. The lowest BCUT2D eigenvalue weighted by atomic mass is 9.76. The Bertz CT molecular complexity index is 1600. The molecule has 1 fully saturated rings. The highest BCUT2D eigenvalue weighted by molar-refractivity contribution is 9.10. The molecule has 0 amide bonds. The third kappa shape index (κ3) is 5.05. The van der Waals surface area contributed by atoms with Crippen LogP contribution in [0.1, 0.15) is 45.4 Å². The van der Waals surface area contributed by atoms with Gasteiger partial charge in [-0.05, 0) is 53.8 Å². The number of alkyl halides is 1. The van der Waals surface area contributed by atoms with Gasteiger partial charge in [0.25, 0.3) is 5.69 Å². The number of para-hydroxylation sites is 1. The van der Waals surface area contributed by atoms with Gasteiger partial charge in [-0.2, -0.15) is 0 Å². The molecule has 40 heavy (non-hydrogen) atoms. The summed E-state index contributed by atoms with van der Waals surface area (Å²) in [5, 5.41) is 15.5. The number of hydrogen-bond acceptors (Lipinski definition) is 5. The predicted molar refractivity (Wildman–Crippen MR) is 165 cm³/mol. The highest BCUT2D eigenvalue weighted by Crippen LogP contribution is 2.59. The van der Waals surface area contributed by atoms with Crippen LogP contribution in [0.15, 0.2) is 100 Å². The number of benzene rings is 4. The normalized spacial score (nSPS) is 23.1. The van der Waals surface area contributed by atoms with Crippen molar-refractivity contribution in [3.05, 3.63) is 133 Å². The van der Waals surface area contributed by atoms with Crippen molar-refractivity contribution in [3.8, 4) is 0 Å². The third-order valence-corrected chi connectivity index (χ3v) is 10.6. The van der Waals surface area contributed by atoms with Crippen LogP contribution in [0.4, 0.5) is 11.4 Å². The molecule has 1 heterocycles. The Kier molecular flexibility index (Phi) is 7.66. The van der Waals surface area contributed by atoms with E-state index in [9.17, 15) is 14.9 Å². The van der Waals surface area contributed by atoms with Gasteiger partial charge in [0, 0.05) is 43.5 Å². The molecular formula is C31H23BrCl2N2O3S. The highest BCUT2D eigenvalue weighted by Gasteiger charge is 2.51. The molecule has 4 aromatic rings. The summed E-state index contributed by atoms with van der Waals surface area (Å²) in [7, 11) is 0. The van der Waals surface area contributed by atoms with E-state index in [1.54, 1.807) is 30.3 Å². The average Bonchev–Trinajstić information content (AvgIpc) is 3.29. The van der Waals surface area contributed by atoms with Gasteiger partial charge in [-0.15, -0.1) is 23.4 Å². The van der Waals surface area contributed by atoms with Crippen LogP contribution >= 0.6 is 50.9 Å². The molecule has 1 saturated carbocycles. The van der Waals surface area contributed by atoms with E-state index in [2.05, 4.69) is 33.4 Å². The van der Waals surface area contributed by atoms with Crippen LogP contribution in [0.2, 0.25) is 5.02 Å². The van der Waals surface area contributed by atoms with Crippen molar-refractivity contribution in [2.24, 2.45) is 5.92 Å². The molecule has 2 aliphatic rings. The number of nitrogens with zero attached hydrogens (tertiary/aromatic N) is 1. The van der Waals surface area contributed by atoms with Gasteiger partial charge in [0.15, 0.2) is 5.78 Å². The van der Waals surface area contributed by atoms with E-state index >= 15 is 0 Å². The molecule has 6 rings (SSSR count). The first-order chi connectivity index (χ1) is 19.3. The van der Waals surface area contributed by atoms with Gasteiger partial charge in [-0.1, -0.05) is 82.1 Å². The van der Waals surface area contributed by atoms with E-state index in [0.717, 1.165) is 27.7 Å². The van der Waals surface area contributed by atoms with Crippen molar-refractivity contribution in [3.63, 3.8) is 0 Å². The molecule has 5 nitrogen and oxygen atoms in total. The lowest BCUT2D eigenvalue weighted by Gasteiger charge is -2.39. The quantitative estimate of drug-likeness (QED) is 0.0972. The molecule has 0 spiro atoms. The number of carbonyl (C=O) groups is 1. The summed E-state index contributed by atoms with van der Waals surface area (Å²) < 4.78 is 0.974. The minimum Gasteiger partial charge on any atom is -0.377 e. The number of nitro benzene ring substituents is 1. The number of fused-ring (bicyclic) bond motifs is 3. The number of hydrogen-bond donors (Lipinski definition) is 1. The molecule has 0 bridgehead atoms. The summed E-state index contributed by atoms with van der Waals surface area (Å²) in [4.78, 5) is 25.7. The maximum absolute atomic E-state index is 13.7. The van der Waals surface area contributed by atoms with Crippen LogP contribution in [-0.4, -0.2) is 21.3 Å². The number of halogens is 3. The molecule has 0 aromatic heterocycles. The maximum atomic E-state index is 13.7. The fourth-order valence-corrected chi connectivity index (χ4v) is 8.42. The maximum Gasteiger partial charge on any atom is 0.282 e. The molecule has 1 N–H and O–H groups in total. The fraction of sp³-hybridized carbons (Fsp3) is 0.194. The van der Waals surface area contributed by atoms with Crippen molar-refractivity contribution >= 4 is 68.1 Å². The van der Waals surface area contributed by atoms with E-state index in [0.29, 0.717) is 21.0 Å². The first-order valence-corrected chi connectivity index (χ1v) is 15.3. The van der Waals surface area contributed by atoms with Crippen molar-refractivity contribution < 1.29 is 9.72 Å². The summed E-state index contributed by atoms with van der Waals surface area (Å²) in [6.07, 6.45) is 0.733. The summed E-state index contributed by atoms with van der Waals surface area (Å²) >= 11 is 18.9. The lowest BCUT2D eigenvalue weighted by Crippen LogP contribution is -2.32. The molecule has 1 aliphatic heterocycles. The SMILES string of the molecule is O=C(c1ccccc1)c1cc(Cl)cc2c1N[C@H](c1ccc(Br)cc1)[C@@H]1C[C@@H](Sc3ccccc3[N+](=O)[O-])[C@@H](Cl)[C@H]21. The zero-order valence-electron chi connectivity index (χ0n) is 21.0. The number of ketones is 1. The first-order valence-electron chi connectivity index (χ1n) is 12.8. The van der Waals surface area contributed by atoms with Crippen LogP contribution in [0.3, 0.4) is 0 Å². The monoisotopic (exact) mass is 652 g/mol. The van der Waals surface area contributed by atoms with Crippen LogP contribution in [0, 0.1) is 16.0 Å². The van der Waals surface area contributed by atoms with Crippen LogP contribution in [0.25, 0.3) is 0 Å². The molecule has 9 heteroatoms. The number of rotatable bonds is 6. The molecule has 5 atom stereocenters. The second kappa shape index (κ2) is 11.2. The van der Waals surface area contributed by atoms with Crippen molar-refractivity contribution in [2.45, 2.75) is 33.9 Å². The van der Waals surface area contributed by atoms with Gasteiger partial charge in [-0.25, -0.2) is 0 Å². The van der Waals surface area contributed by atoms with Crippen LogP contribution < -0.4 is 5.32 Å². The van der Waals surface area contributed by atoms with Crippen LogP contribution in [-0.2, 0) is 0 Å². The summed E-state index contributed by atoms with van der Waals surface area (Å²) in [6, 6.07) is 27.6. The van der Waals surface area contributed by atoms with E-state index in [4.69, 9.17) is 23.2 Å². The minimum atomic E-state index is -0.351. The molecule has 0 unspecified atom stereocenters. The molecule has 0 radical (unpaired) electrons. The number of thioether (sulfide) groups is 1. The number of carbonyl (C=O) groups excluding carboxylic acids is 1. The average molecular weight is 654 g/mol. The number of nitro groups is 1. The second-order valence-electron chi connectivity index (χ2n) is 10.0. The first kappa shape index (κ1) is 27.3. The van der Waals surface area contributed by atoms with Crippen LogP contribution in [0.5, 0.6) is 0 Å². The smallest absolute Gasteiger partial charge is 0.282 e. The fourth-order valence-electron chi connectivity index (χ4n) is 5.98. The van der Waals surface area contributed by atoms with Crippen molar-refractivity contribution in [2.75, 3.05) is 5.32 Å². The largest absolute Gasteiger partial charge is 0.377 e. The summed E-state index contributed by atoms with van der Waals surface area (Å²) in [6.45, 7) is 0. The lowest BCUT2D eigenvalue weighted by molar-refractivity contribution is -0.387. The third-order valence-electron chi connectivity index (χ3n) is 7.73.